The number of hydrogen-bond acceptors (Lipinski definition) is 4. The molecule has 22 heavy (non-hydrogen) atoms. The number of carbonyl (C=O) groups is 2. The molecule has 1 unspecified atom stereocenters. The summed E-state index contributed by atoms with van der Waals surface area (Å²) < 4.78 is 6.07. The van der Waals surface area contributed by atoms with Crippen LogP contribution in [0.15, 0.2) is 22.9 Å². The Labute approximate surface area is 135 Å². The number of rotatable bonds is 3. The minimum absolute atomic E-state index is 0.218. The van der Waals surface area contributed by atoms with Crippen LogP contribution in [0.3, 0.4) is 0 Å². The van der Waals surface area contributed by atoms with Gasteiger partial charge in [-0.2, -0.15) is 0 Å². The Morgan fingerprint density at radius 3 is 3.05 bits per heavy atom. The van der Waals surface area contributed by atoms with Crippen molar-refractivity contribution in [3.05, 3.63) is 28.5 Å². The van der Waals surface area contributed by atoms with Gasteiger partial charge in [0.05, 0.1) is 18.5 Å². The molecule has 116 valence electrons. The first-order chi connectivity index (χ1) is 10.4. The molecule has 3 rings (SSSR count). The van der Waals surface area contributed by atoms with E-state index in [4.69, 9.17) is 4.74 Å². The molecule has 1 atom stereocenters. The van der Waals surface area contributed by atoms with Gasteiger partial charge in [0.15, 0.2) is 0 Å². The fourth-order valence-electron chi connectivity index (χ4n) is 2.61. The number of nitrogens with zero attached hydrogens (tertiary/aromatic N) is 1. The Balaban J connectivity index is 1.74. The number of esters is 1. The summed E-state index contributed by atoms with van der Waals surface area (Å²) in [4.78, 5) is 30.9. The van der Waals surface area contributed by atoms with Gasteiger partial charge in [-0.25, -0.2) is 4.98 Å². The Morgan fingerprint density at radius 2 is 2.36 bits per heavy atom. The van der Waals surface area contributed by atoms with Gasteiger partial charge in [-0.15, -0.1) is 0 Å². The number of cyclic esters (lactones) is 1. The highest BCUT2D eigenvalue weighted by Gasteiger charge is 2.41. The van der Waals surface area contributed by atoms with Gasteiger partial charge in [-0.1, -0.05) is 13.8 Å². The molecule has 0 radical (unpaired) electrons. The van der Waals surface area contributed by atoms with Crippen LogP contribution in [-0.2, 0) is 9.53 Å². The highest BCUT2D eigenvalue weighted by Crippen LogP contribution is 2.34. The van der Waals surface area contributed by atoms with E-state index in [1.807, 2.05) is 19.9 Å². The molecule has 1 saturated heterocycles. The van der Waals surface area contributed by atoms with Gasteiger partial charge in [-0.3, -0.25) is 9.59 Å². The monoisotopic (exact) mass is 365 g/mol. The molecule has 2 N–H and O–H groups in total. The quantitative estimate of drug-likeness (QED) is 0.817. The Bertz CT molecular complexity index is 754. The van der Waals surface area contributed by atoms with Crippen LogP contribution in [-0.4, -0.2) is 34.5 Å². The first-order valence-corrected chi connectivity index (χ1v) is 7.76. The first-order valence-electron chi connectivity index (χ1n) is 6.97. The summed E-state index contributed by atoms with van der Waals surface area (Å²) in [5.74, 6) is -0.436. The van der Waals surface area contributed by atoms with Crippen molar-refractivity contribution >= 4 is 38.8 Å². The van der Waals surface area contributed by atoms with Gasteiger partial charge in [0.25, 0.3) is 5.91 Å². The highest BCUT2D eigenvalue weighted by molar-refractivity contribution is 9.10. The van der Waals surface area contributed by atoms with E-state index in [9.17, 15) is 9.59 Å². The lowest BCUT2D eigenvalue weighted by Crippen LogP contribution is -2.38. The molecule has 1 fully saturated rings. The number of nitrogens with one attached hydrogen (secondary N) is 2. The summed E-state index contributed by atoms with van der Waals surface area (Å²) in [6.07, 6.45) is 3.36. The zero-order valence-electron chi connectivity index (χ0n) is 12.3. The maximum atomic E-state index is 12.4. The molecule has 2 aromatic heterocycles. The molecule has 0 bridgehead atoms. The average Bonchev–Trinajstić information content (AvgIpc) is 2.95. The molecule has 7 heteroatoms. The van der Waals surface area contributed by atoms with Gasteiger partial charge >= 0.3 is 5.97 Å². The standard InChI is InChI=1S/C15H16BrN3O3/c1-15(2)4-12(20)22-11(15)7-19-14(21)10-6-18-13-9(10)3-8(16)5-17-13/h3,5-6,11H,4,7H2,1-2H3,(H,17,18)(H,19,21). The lowest BCUT2D eigenvalue weighted by Gasteiger charge is -2.23. The minimum atomic E-state index is -0.306. The fraction of sp³-hybridized carbons (Fsp3) is 0.400. The zero-order chi connectivity index (χ0) is 15.9. The first kappa shape index (κ1) is 15.0. The largest absolute Gasteiger partial charge is 0.460 e. The topological polar surface area (TPSA) is 84.1 Å². The normalized spacial score (nSPS) is 20.1. The van der Waals surface area contributed by atoms with Crippen molar-refractivity contribution in [1.82, 2.24) is 15.3 Å². The fourth-order valence-corrected chi connectivity index (χ4v) is 2.94. The number of halogens is 1. The molecule has 6 nitrogen and oxygen atoms in total. The minimum Gasteiger partial charge on any atom is -0.460 e. The third-order valence-electron chi connectivity index (χ3n) is 3.94. The van der Waals surface area contributed by atoms with E-state index in [1.54, 1.807) is 12.4 Å². The Hall–Kier alpha value is -1.89. The Morgan fingerprint density at radius 1 is 1.59 bits per heavy atom. The van der Waals surface area contributed by atoms with Gasteiger partial charge < -0.3 is 15.0 Å². The second-order valence-corrected chi connectivity index (χ2v) is 7.02. The van der Waals surface area contributed by atoms with E-state index in [2.05, 4.69) is 31.2 Å². The van der Waals surface area contributed by atoms with Crippen LogP contribution in [0, 0.1) is 5.41 Å². The van der Waals surface area contributed by atoms with Crippen molar-refractivity contribution in [3.8, 4) is 0 Å². The molecule has 0 aromatic carbocycles. The number of carbonyl (C=O) groups excluding carboxylic acids is 2. The second kappa shape index (κ2) is 5.39. The molecule has 2 aromatic rings. The van der Waals surface area contributed by atoms with Gasteiger partial charge in [-0.05, 0) is 22.0 Å². The Kier molecular flexibility index (Phi) is 3.68. The van der Waals surface area contributed by atoms with E-state index in [0.29, 0.717) is 24.2 Å². The number of aromatic nitrogens is 2. The number of pyridine rings is 1. The van der Waals surface area contributed by atoms with E-state index >= 15 is 0 Å². The van der Waals surface area contributed by atoms with Crippen molar-refractivity contribution < 1.29 is 14.3 Å². The van der Waals surface area contributed by atoms with Crippen LogP contribution < -0.4 is 5.32 Å². The lowest BCUT2D eigenvalue weighted by molar-refractivity contribution is -0.141. The number of fused-ring (bicyclic) bond motifs is 1. The zero-order valence-corrected chi connectivity index (χ0v) is 13.9. The SMILES string of the molecule is CC1(C)CC(=O)OC1CNC(=O)c1c[nH]c2ncc(Br)cc12. The van der Waals surface area contributed by atoms with Crippen LogP contribution >= 0.6 is 15.9 Å². The molecule has 3 heterocycles. The molecule has 1 aliphatic heterocycles. The van der Waals surface area contributed by atoms with Crippen molar-refractivity contribution in [2.24, 2.45) is 5.41 Å². The summed E-state index contributed by atoms with van der Waals surface area (Å²) in [5.41, 5.74) is 0.904. The van der Waals surface area contributed by atoms with Crippen LogP contribution in [0.4, 0.5) is 0 Å². The van der Waals surface area contributed by atoms with Gasteiger partial charge in [0, 0.05) is 27.7 Å². The van der Waals surface area contributed by atoms with Crippen LogP contribution in [0.1, 0.15) is 30.6 Å². The van der Waals surface area contributed by atoms with E-state index < -0.39 is 0 Å². The summed E-state index contributed by atoms with van der Waals surface area (Å²) in [6.45, 7) is 4.22. The van der Waals surface area contributed by atoms with Crippen LogP contribution in [0.2, 0.25) is 0 Å². The smallest absolute Gasteiger partial charge is 0.306 e. The van der Waals surface area contributed by atoms with Crippen molar-refractivity contribution in [3.63, 3.8) is 0 Å². The summed E-state index contributed by atoms with van der Waals surface area (Å²) >= 11 is 3.35. The lowest BCUT2D eigenvalue weighted by atomic mass is 9.85. The maximum Gasteiger partial charge on any atom is 0.306 e. The van der Waals surface area contributed by atoms with Crippen molar-refractivity contribution in [1.29, 1.82) is 0 Å². The summed E-state index contributed by atoms with van der Waals surface area (Å²) in [6, 6.07) is 1.84. The summed E-state index contributed by atoms with van der Waals surface area (Å²) in [5, 5.41) is 3.58. The summed E-state index contributed by atoms with van der Waals surface area (Å²) in [7, 11) is 0. The third-order valence-corrected chi connectivity index (χ3v) is 4.37. The van der Waals surface area contributed by atoms with E-state index in [-0.39, 0.29) is 23.4 Å². The predicted molar refractivity (Wildman–Crippen MR) is 84.4 cm³/mol. The molecular formula is C15H16BrN3O3. The molecule has 1 amide bonds. The average molecular weight is 366 g/mol. The highest BCUT2D eigenvalue weighted by atomic mass is 79.9. The van der Waals surface area contributed by atoms with Crippen molar-refractivity contribution in [2.75, 3.05) is 6.54 Å². The van der Waals surface area contributed by atoms with E-state index in [0.717, 1.165) is 9.86 Å². The molecular weight excluding hydrogens is 350 g/mol. The number of ether oxygens (including phenoxy) is 1. The van der Waals surface area contributed by atoms with Crippen molar-refractivity contribution in [2.45, 2.75) is 26.4 Å². The number of aromatic amines is 1. The number of hydrogen-bond donors (Lipinski definition) is 2. The second-order valence-electron chi connectivity index (χ2n) is 6.11. The number of amides is 1. The van der Waals surface area contributed by atoms with Gasteiger partial charge in [0.1, 0.15) is 11.8 Å². The van der Waals surface area contributed by atoms with Crippen LogP contribution in [0.25, 0.3) is 11.0 Å². The molecule has 0 aliphatic carbocycles. The molecule has 1 aliphatic rings. The maximum absolute atomic E-state index is 12.4. The predicted octanol–water partition coefficient (Wildman–Crippen LogP) is 2.40. The number of H-pyrrole nitrogens is 1. The third kappa shape index (κ3) is 2.72. The van der Waals surface area contributed by atoms with Gasteiger partial charge in [0.2, 0.25) is 0 Å². The molecule has 0 saturated carbocycles. The molecule has 0 spiro atoms. The van der Waals surface area contributed by atoms with E-state index in [1.165, 1.54) is 0 Å². The van der Waals surface area contributed by atoms with Crippen LogP contribution in [0.5, 0.6) is 0 Å².